The van der Waals surface area contributed by atoms with Gasteiger partial charge < -0.3 is 10.3 Å². The lowest BCUT2D eigenvalue weighted by Gasteiger charge is -2.06. The molecule has 0 aliphatic carbocycles. The van der Waals surface area contributed by atoms with E-state index in [1.165, 1.54) is 5.56 Å². The normalized spacial score (nSPS) is 10.9. The molecular formula is C20H22N2O2. The van der Waals surface area contributed by atoms with Crippen LogP contribution in [0, 0.1) is 6.92 Å². The lowest BCUT2D eigenvalue weighted by molar-refractivity contribution is 0.181. The molecule has 1 aromatic heterocycles. The van der Waals surface area contributed by atoms with E-state index in [9.17, 15) is 10.3 Å². The van der Waals surface area contributed by atoms with Gasteiger partial charge in [0.1, 0.15) is 5.75 Å². The second-order valence-electron chi connectivity index (χ2n) is 6.03. The lowest BCUT2D eigenvalue weighted by Crippen LogP contribution is -2.01. The Morgan fingerprint density at radius 3 is 2.42 bits per heavy atom. The molecule has 0 amide bonds. The molecule has 2 N–H and O–H groups in total. The summed E-state index contributed by atoms with van der Waals surface area (Å²) in [5.41, 5.74) is 4.22. The van der Waals surface area contributed by atoms with E-state index in [2.05, 4.69) is 11.9 Å². The molecule has 4 nitrogen and oxygen atoms in total. The highest BCUT2D eigenvalue weighted by Crippen LogP contribution is 2.33. The first-order valence-corrected chi connectivity index (χ1v) is 8.28. The van der Waals surface area contributed by atoms with Gasteiger partial charge in [-0.05, 0) is 31.9 Å². The van der Waals surface area contributed by atoms with Crippen molar-refractivity contribution in [3.8, 4) is 28.4 Å². The fraction of sp³-hybridized carbons (Fsp3) is 0.250. The van der Waals surface area contributed by atoms with Crippen molar-refractivity contribution in [1.29, 1.82) is 0 Å². The minimum Gasteiger partial charge on any atom is -0.507 e. The summed E-state index contributed by atoms with van der Waals surface area (Å²) in [6.45, 7) is 4.16. The van der Waals surface area contributed by atoms with Crippen molar-refractivity contribution in [2.45, 2.75) is 33.1 Å². The van der Waals surface area contributed by atoms with Crippen LogP contribution in [0.25, 0.3) is 22.6 Å². The average Bonchev–Trinajstić information content (AvgIpc) is 2.91. The van der Waals surface area contributed by atoms with Crippen molar-refractivity contribution in [2.75, 3.05) is 0 Å². The zero-order valence-corrected chi connectivity index (χ0v) is 14.0. The van der Waals surface area contributed by atoms with Gasteiger partial charge in [0.2, 0.25) is 0 Å². The van der Waals surface area contributed by atoms with Gasteiger partial charge in [-0.2, -0.15) is 4.73 Å². The first-order valence-electron chi connectivity index (χ1n) is 8.28. The number of nitrogens with zero attached hydrogens (tertiary/aromatic N) is 2. The molecule has 124 valence electrons. The molecule has 0 saturated heterocycles. The number of unbranched alkanes of at least 4 members (excludes halogenated alkanes) is 1. The number of benzene rings is 2. The quantitative estimate of drug-likeness (QED) is 0.663. The summed E-state index contributed by atoms with van der Waals surface area (Å²) >= 11 is 0. The van der Waals surface area contributed by atoms with Crippen LogP contribution in [0.1, 0.15) is 31.0 Å². The van der Waals surface area contributed by atoms with E-state index < -0.39 is 0 Å². The molecule has 0 atom stereocenters. The maximum atomic E-state index is 10.7. The highest BCUT2D eigenvalue weighted by molar-refractivity contribution is 5.71. The van der Waals surface area contributed by atoms with Crippen molar-refractivity contribution in [1.82, 2.24) is 9.71 Å². The number of para-hydroxylation sites is 1. The van der Waals surface area contributed by atoms with E-state index in [0.717, 1.165) is 40.9 Å². The molecule has 0 saturated carbocycles. The van der Waals surface area contributed by atoms with Gasteiger partial charge in [-0.1, -0.05) is 55.3 Å². The van der Waals surface area contributed by atoms with Crippen LogP contribution in [0.4, 0.5) is 0 Å². The highest BCUT2D eigenvalue weighted by Gasteiger charge is 2.20. The maximum absolute atomic E-state index is 10.7. The van der Waals surface area contributed by atoms with Crippen molar-refractivity contribution >= 4 is 0 Å². The summed E-state index contributed by atoms with van der Waals surface area (Å²) < 4.78 is 1.12. The zero-order chi connectivity index (χ0) is 17.1. The third-order valence-electron chi connectivity index (χ3n) is 4.18. The van der Waals surface area contributed by atoms with E-state index in [-0.39, 0.29) is 5.75 Å². The molecule has 3 rings (SSSR count). The smallest absolute Gasteiger partial charge is 0.179 e. The number of hydrogen-bond acceptors (Lipinski definition) is 3. The Kier molecular flexibility index (Phi) is 4.56. The number of aromatic hydroxyl groups is 1. The first kappa shape index (κ1) is 16.1. The Morgan fingerprint density at radius 1 is 1.04 bits per heavy atom. The maximum Gasteiger partial charge on any atom is 0.179 e. The van der Waals surface area contributed by atoms with E-state index in [1.807, 2.05) is 37.3 Å². The van der Waals surface area contributed by atoms with Crippen molar-refractivity contribution in [2.24, 2.45) is 0 Å². The van der Waals surface area contributed by atoms with Crippen molar-refractivity contribution < 1.29 is 10.3 Å². The summed E-state index contributed by atoms with van der Waals surface area (Å²) in [5, 5.41) is 20.8. The van der Waals surface area contributed by atoms with Crippen molar-refractivity contribution in [3.63, 3.8) is 0 Å². The van der Waals surface area contributed by atoms with Gasteiger partial charge in [0.25, 0.3) is 0 Å². The monoisotopic (exact) mass is 322 g/mol. The van der Waals surface area contributed by atoms with Crippen LogP contribution in [0.3, 0.4) is 0 Å². The SMILES string of the molecule is CCCCc1c(-c2ccc(C)cc2)nc(-c2ccccc2O)n1O. The lowest BCUT2D eigenvalue weighted by atomic mass is 10.1. The van der Waals surface area contributed by atoms with Crippen molar-refractivity contribution in [3.05, 3.63) is 59.8 Å². The zero-order valence-electron chi connectivity index (χ0n) is 14.0. The first-order chi connectivity index (χ1) is 11.6. The highest BCUT2D eigenvalue weighted by atomic mass is 16.5. The summed E-state index contributed by atoms with van der Waals surface area (Å²) in [7, 11) is 0. The van der Waals surface area contributed by atoms with E-state index in [4.69, 9.17) is 0 Å². The van der Waals surface area contributed by atoms with Crippen LogP contribution in [0.2, 0.25) is 0 Å². The molecule has 24 heavy (non-hydrogen) atoms. The molecule has 0 fully saturated rings. The third kappa shape index (κ3) is 3.00. The largest absolute Gasteiger partial charge is 0.507 e. The summed E-state index contributed by atoms with van der Waals surface area (Å²) in [6.07, 6.45) is 2.73. The number of hydrogen-bond donors (Lipinski definition) is 2. The second-order valence-corrected chi connectivity index (χ2v) is 6.03. The molecule has 0 aliphatic heterocycles. The van der Waals surface area contributed by atoms with Crippen LogP contribution < -0.4 is 0 Å². The Labute approximate surface area is 142 Å². The molecule has 4 heteroatoms. The van der Waals surface area contributed by atoms with Crippen LogP contribution in [0.5, 0.6) is 5.75 Å². The summed E-state index contributed by atoms with van der Waals surface area (Å²) in [6, 6.07) is 15.0. The molecular weight excluding hydrogens is 300 g/mol. The van der Waals surface area contributed by atoms with Gasteiger partial charge in [0.15, 0.2) is 5.82 Å². The molecule has 2 aromatic carbocycles. The topological polar surface area (TPSA) is 58.3 Å². The molecule has 0 aliphatic rings. The van der Waals surface area contributed by atoms with Gasteiger partial charge >= 0.3 is 0 Å². The van der Waals surface area contributed by atoms with Crippen LogP contribution in [-0.2, 0) is 6.42 Å². The molecule has 0 spiro atoms. The van der Waals surface area contributed by atoms with Gasteiger partial charge in [0.05, 0.1) is 17.0 Å². The predicted molar refractivity (Wildman–Crippen MR) is 95.3 cm³/mol. The van der Waals surface area contributed by atoms with Crippen LogP contribution in [0.15, 0.2) is 48.5 Å². The summed E-state index contributed by atoms with van der Waals surface area (Å²) in [5.74, 6) is 0.477. The Morgan fingerprint density at radius 2 is 1.75 bits per heavy atom. The number of phenols is 1. The third-order valence-corrected chi connectivity index (χ3v) is 4.18. The molecule has 3 aromatic rings. The fourth-order valence-corrected chi connectivity index (χ4v) is 2.79. The van der Waals surface area contributed by atoms with Crippen LogP contribution >= 0.6 is 0 Å². The Balaban J connectivity index is 2.15. The second kappa shape index (κ2) is 6.79. The molecule has 0 bridgehead atoms. The van der Waals surface area contributed by atoms with Gasteiger partial charge in [-0.15, -0.1) is 0 Å². The number of aromatic nitrogens is 2. The van der Waals surface area contributed by atoms with E-state index in [0.29, 0.717) is 11.4 Å². The number of rotatable bonds is 5. The Bertz CT molecular complexity index is 835. The van der Waals surface area contributed by atoms with E-state index in [1.54, 1.807) is 18.2 Å². The molecule has 1 heterocycles. The predicted octanol–water partition coefficient (Wildman–Crippen LogP) is 4.81. The number of aryl methyl sites for hydroxylation is 1. The van der Waals surface area contributed by atoms with Gasteiger partial charge in [0, 0.05) is 5.56 Å². The van der Waals surface area contributed by atoms with Crippen LogP contribution in [-0.4, -0.2) is 20.0 Å². The minimum absolute atomic E-state index is 0.107. The standard InChI is InChI=1S/C20H22N2O2/c1-3-4-8-17-19(15-12-10-14(2)11-13-15)21-20(22(17)24)16-7-5-6-9-18(16)23/h5-7,9-13,23-24H,3-4,8H2,1-2H3. The molecule has 0 unspecified atom stereocenters. The average molecular weight is 322 g/mol. The minimum atomic E-state index is 0.107. The number of imidazole rings is 1. The Hall–Kier alpha value is -2.75. The van der Waals surface area contributed by atoms with Gasteiger partial charge in [-0.25, -0.2) is 4.98 Å². The fourth-order valence-electron chi connectivity index (χ4n) is 2.79. The number of phenolic OH excluding ortho intramolecular Hbond substituents is 1. The molecule has 0 radical (unpaired) electrons. The van der Waals surface area contributed by atoms with E-state index >= 15 is 0 Å². The summed E-state index contributed by atoms with van der Waals surface area (Å²) in [4.78, 5) is 4.65. The van der Waals surface area contributed by atoms with Gasteiger partial charge in [-0.3, -0.25) is 0 Å².